The zero-order chi connectivity index (χ0) is 19.1. The highest BCUT2D eigenvalue weighted by Gasteiger charge is 2.44. The van der Waals surface area contributed by atoms with Gasteiger partial charge in [0.25, 0.3) is 0 Å². The van der Waals surface area contributed by atoms with Crippen LogP contribution >= 0.6 is 0 Å². The van der Waals surface area contributed by atoms with Crippen molar-refractivity contribution in [3.63, 3.8) is 0 Å². The van der Waals surface area contributed by atoms with Crippen LogP contribution in [0.2, 0.25) is 0 Å². The molecule has 2 heteroatoms. The summed E-state index contributed by atoms with van der Waals surface area (Å²) < 4.78 is 13.2. The zero-order valence-electron chi connectivity index (χ0n) is 17.8. The lowest BCUT2D eigenvalue weighted by atomic mass is 9.86. The van der Waals surface area contributed by atoms with Crippen molar-refractivity contribution in [2.24, 2.45) is 29.6 Å². The first-order valence-corrected chi connectivity index (χ1v) is 12.1. The fraction of sp³-hybridized carbons (Fsp3) is 0.769. The molecule has 0 amide bonds. The number of ether oxygens (including phenoxy) is 2. The molecular weight excluding hydrogens is 344 g/mol. The lowest BCUT2D eigenvalue weighted by Crippen LogP contribution is -2.33. The van der Waals surface area contributed by atoms with Crippen molar-refractivity contribution in [3.8, 4) is 5.75 Å². The Labute approximate surface area is 171 Å². The van der Waals surface area contributed by atoms with Crippen LogP contribution in [-0.4, -0.2) is 12.4 Å². The van der Waals surface area contributed by atoms with Crippen molar-refractivity contribution in [2.45, 2.75) is 96.4 Å². The van der Waals surface area contributed by atoms with E-state index in [2.05, 4.69) is 38.1 Å². The van der Waals surface area contributed by atoms with Crippen LogP contribution in [0.5, 0.6) is 5.75 Å². The van der Waals surface area contributed by atoms with Gasteiger partial charge in [0.05, 0.1) is 6.10 Å². The summed E-state index contributed by atoms with van der Waals surface area (Å²) in [4.78, 5) is 0. The molecule has 4 aliphatic rings. The van der Waals surface area contributed by atoms with Crippen LogP contribution in [0.3, 0.4) is 0 Å². The first kappa shape index (κ1) is 19.0. The summed E-state index contributed by atoms with van der Waals surface area (Å²) in [5, 5.41) is 0. The largest absolute Gasteiger partial charge is 0.465 e. The average Bonchev–Trinajstić information content (AvgIpc) is 3.50. The number of hydrogen-bond donors (Lipinski definition) is 0. The van der Waals surface area contributed by atoms with Crippen LogP contribution in [0.25, 0.3) is 0 Å². The van der Waals surface area contributed by atoms with E-state index >= 15 is 0 Å². The fourth-order valence-corrected chi connectivity index (χ4v) is 6.85. The van der Waals surface area contributed by atoms with Crippen molar-refractivity contribution in [1.29, 1.82) is 0 Å². The van der Waals surface area contributed by atoms with E-state index in [4.69, 9.17) is 9.47 Å². The summed E-state index contributed by atoms with van der Waals surface area (Å²) in [5.74, 6) is 6.08. The second-order valence-electron chi connectivity index (χ2n) is 10.4. The molecule has 1 aromatic rings. The number of benzene rings is 1. The van der Waals surface area contributed by atoms with E-state index in [1.54, 1.807) is 0 Å². The normalized spacial score (nSPS) is 38.1. The summed E-state index contributed by atoms with van der Waals surface area (Å²) in [6.45, 7) is 4.55. The molecule has 8 unspecified atom stereocenters. The number of hydrogen-bond acceptors (Lipinski definition) is 2. The van der Waals surface area contributed by atoms with Gasteiger partial charge < -0.3 is 9.47 Å². The van der Waals surface area contributed by atoms with Gasteiger partial charge in [-0.15, -0.1) is 0 Å². The van der Waals surface area contributed by atoms with E-state index < -0.39 is 0 Å². The van der Waals surface area contributed by atoms with Gasteiger partial charge in [-0.1, -0.05) is 32.4 Å². The van der Waals surface area contributed by atoms with Gasteiger partial charge in [-0.3, -0.25) is 0 Å². The second-order valence-corrected chi connectivity index (χ2v) is 10.4. The Morgan fingerprint density at radius 1 is 0.893 bits per heavy atom. The molecule has 5 rings (SSSR count). The second kappa shape index (κ2) is 8.01. The fourth-order valence-electron chi connectivity index (χ4n) is 6.85. The molecule has 0 aromatic heterocycles. The molecule has 28 heavy (non-hydrogen) atoms. The summed E-state index contributed by atoms with van der Waals surface area (Å²) in [6.07, 6.45) is 13.9. The van der Waals surface area contributed by atoms with Gasteiger partial charge in [0, 0.05) is 6.42 Å². The SMILES string of the molecule is CCC(C)c1ccc(OC(CC2CC3CCC2C3)OC2CC3CCC2C3)cc1. The predicted molar refractivity (Wildman–Crippen MR) is 113 cm³/mol. The molecule has 0 spiro atoms. The van der Waals surface area contributed by atoms with Crippen molar-refractivity contribution in [3.05, 3.63) is 29.8 Å². The third-order valence-corrected chi connectivity index (χ3v) is 8.71. The standard InChI is InChI=1S/C26H38O2/c1-3-17(2)20-8-10-24(11-9-20)27-26(16-23-14-18-4-6-21(23)12-18)28-25-15-19-5-7-22(25)13-19/h8-11,17-19,21-23,25-26H,3-7,12-16H2,1-2H3. The quantitative estimate of drug-likeness (QED) is 0.454. The highest BCUT2D eigenvalue weighted by molar-refractivity contribution is 5.29. The molecule has 0 N–H and O–H groups in total. The topological polar surface area (TPSA) is 18.5 Å². The third-order valence-electron chi connectivity index (χ3n) is 8.71. The molecular formula is C26H38O2. The first-order chi connectivity index (χ1) is 13.7. The van der Waals surface area contributed by atoms with Crippen LogP contribution in [0.15, 0.2) is 24.3 Å². The van der Waals surface area contributed by atoms with Gasteiger partial charge in [-0.2, -0.15) is 0 Å². The van der Waals surface area contributed by atoms with Crippen molar-refractivity contribution in [2.75, 3.05) is 0 Å². The highest BCUT2D eigenvalue weighted by Crippen LogP contribution is 2.51. The van der Waals surface area contributed by atoms with Gasteiger partial charge in [0.15, 0.2) is 6.29 Å². The molecule has 8 atom stereocenters. The van der Waals surface area contributed by atoms with Crippen molar-refractivity contribution in [1.82, 2.24) is 0 Å². The molecule has 4 fully saturated rings. The molecule has 1 aromatic carbocycles. The third kappa shape index (κ3) is 3.86. The van der Waals surface area contributed by atoms with E-state index in [0.29, 0.717) is 12.0 Å². The van der Waals surface area contributed by atoms with Crippen LogP contribution in [0.4, 0.5) is 0 Å². The van der Waals surface area contributed by atoms with Gasteiger partial charge >= 0.3 is 0 Å². The van der Waals surface area contributed by atoms with E-state index in [0.717, 1.165) is 41.8 Å². The molecule has 2 nitrogen and oxygen atoms in total. The Bertz CT molecular complexity index is 623. The summed E-state index contributed by atoms with van der Waals surface area (Å²) in [7, 11) is 0. The number of fused-ring (bicyclic) bond motifs is 4. The molecule has 154 valence electrons. The molecule has 0 saturated heterocycles. The molecule has 0 aliphatic heterocycles. The first-order valence-electron chi connectivity index (χ1n) is 12.1. The summed E-state index contributed by atoms with van der Waals surface area (Å²) in [6, 6.07) is 8.82. The Morgan fingerprint density at radius 3 is 2.18 bits per heavy atom. The predicted octanol–water partition coefficient (Wildman–Crippen LogP) is 6.94. The molecule has 4 saturated carbocycles. The minimum atomic E-state index is -0.0526. The minimum absolute atomic E-state index is 0.0526. The Kier molecular flexibility index (Phi) is 5.43. The number of rotatable bonds is 8. The van der Waals surface area contributed by atoms with Crippen LogP contribution in [0.1, 0.15) is 89.5 Å². The minimum Gasteiger partial charge on any atom is -0.465 e. The Hall–Kier alpha value is -1.02. The Balaban J connectivity index is 1.26. The molecule has 0 radical (unpaired) electrons. The molecule has 4 aliphatic carbocycles. The summed E-state index contributed by atoms with van der Waals surface area (Å²) >= 11 is 0. The Morgan fingerprint density at radius 2 is 1.61 bits per heavy atom. The van der Waals surface area contributed by atoms with Crippen LogP contribution < -0.4 is 4.74 Å². The maximum absolute atomic E-state index is 6.70. The van der Waals surface area contributed by atoms with E-state index in [1.165, 1.54) is 63.4 Å². The highest BCUT2D eigenvalue weighted by atomic mass is 16.7. The summed E-state index contributed by atoms with van der Waals surface area (Å²) in [5.41, 5.74) is 1.41. The van der Waals surface area contributed by atoms with Crippen LogP contribution in [0, 0.1) is 29.6 Å². The van der Waals surface area contributed by atoms with E-state index in [-0.39, 0.29) is 6.29 Å². The van der Waals surface area contributed by atoms with Gasteiger partial charge in [-0.25, -0.2) is 0 Å². The average molecular weight is 383 g/mol. The van der Waals surface area contributed by atoms with Crippen molar-refractivity contribution < 1.29 is 9.47 Å². The lowest BCUT2D eigenvalue weighted by molar-refractivity contribution is -0.145. The molecule has 4 bridgehead atoms. The monoisotopic (exact) mass is 382 g/mol. The van der Waals surface area contributed by atoms with E-state index in [9.17, 15) is 0 Å². The van der Waals surface area contributed by atoms with Gasteiger partial charge in [0.1, 0.15) is 5.75 Å². The maximum atomic E-state index is 6.70. The molecule has 0 heterocycles. The zero-order valence-corrected chi connectivity index (χ0v) is 17.8. The van der Waals surface area contributed by atoms with Gasteiger partial charge in [-0.05, 0) is 105 Å². The van der Waals surface area contributed by atoms with E-state index in [1.807, 2.05) is 0 Å². The maximum Gasteiger partial charge on any atom is 0.200 e. The van der Waals surface area contributed by atoms with Gasteiger partial charge in [0.2, 0.25) is 0 Å². The lowest BCUT2D eigenvalue weighted by Gasteiger charge is -2.31. The van der Waals surface area contributed by atoms with Crippen molar-refractivity contribution >= 4 is 0 Å². The smallest absolute Gasteiger partial charge is 0.200 e. The van der Waals surface area contributed by atoms with Crippen LogP contribution in [-0.2, 0) is 4.74 Å².